The molecule has 0 rings (SSSR count). The number of hydrogen-bond acceptors (Lipinski definition) is 6. The largest absolute Gasteiger partial charge is 0.388 e. The van der Waals surface area contributed by atoms with Crippen LogP contribution in [-0.4, -0.2) is 76.3 Å². The van der Waals surface area contributed by atoms with Crippen molar-refractivity contribution in [2.75, 3.05) is 53.9 Å². The molecular formula is C11H24O6. The van der Waals surface area contributed by atoms with Crippen LogP contribution in [0.1, 0.15) is 6.42 Å². The number of rotatable bonds is 12. The molecule has 2 N–H and O–H groups in total. The second-order valence-corrected chi connectivity index (χ2v) is 3.72. The predicted octanol–water partition coefficient (Wildman–Crippen LogP) is -0.576. The van der Waals surface area contributed by atoms with E-state index in [9.17, 15) is 10.2 Å². The molecular weight excluding hydrogens is 228 g/mol. The lowest BCUT2D eigenvalue weighted by Crippen LogP contribution is -2.22. The third kappa shape index (κ3) is 12.0. The van der Waals surface area contributed by atoms with Crippen molar-refractivity contribution in [3.63, 3.8) is 0 Å². The Morgan fingerprint density at radius 2 is 1.18 bits per heavy atom. The van der Waals surface area contributed by atoms with Gasteiger partial charge in [-0.05, 0) is 6.42 Å². The summed E-state index contributed by atoms with van der Waals surface area (Å²) >= 11 is 0. The fourth-order valence-corrected chi connectivity index (χ4v) is 1.18. The molecule has 0 saturated carbocycles. The molecule has 0 bridgehead atoms. The molecule has 0 amide bonds. The van der Waals surface area contributed by atoms with Crippen LogP contribution in [0.25, 0.3) is 0 Å². The number of ether oxygens (including phenoxy) is 4. The molecule has 6 nitrogen and oxygen atoms in total. The van der Waals surface area contributed by atoms with Crippen LogP contribution in [0, 0.1) is 0 Å². The van der Waals surface area contributed by atoms with Crippen molar-refractivity contribution < 1.29 is 29.2 Å². The lowest BCUT2D eigenvalue weighted by atomic mass is 10.4. The maximum Gasteiger partial charge on any atom is 0.101 e. The number of aliphatic hydroxyl groups excluding tert-OH is 2. The maximum absolute atomic E-state index is 9.26. The Balaban J connectivity index is 3.13. The van der Waals surface area contributed by atoms with Crippen LogP contribution in [0.3, 0.4) is 0 Å². The fourth-order valence-electron chi connectivity index (χ4n) is 1.18. The molecule has 0 saturated heterocycles. The second kappa shape index (κ2) is 12.2. The van der Waals surface area contributed by atoms with Crippen LogP contribution in [0.2, 0.25) is 0 Å². The molecule has 0 aromatic heterocycles. The molecule has 0 heterocycles. The summed E-state index contributed by atoms with van der Waals surface area (Å²) in [5, 5.41) is 18.5. The Labute approximate surface area is 102 Å². The van der Waals surface area contributed by atoms with Gasteiger partial charge in [-0.3, -0.25) is 0 Å². The van der Waals surface area contributed by atoms with E-state index in [-0.39, 0.29) is 26.4 Å². The molecule has 0 radical (unpaired) electrons. The van der Waals surface area contributed by atoms with Crippen molar-refractivity contribution in [2.45, 2.75) is 18.6 Å². The molecule has 2 unspecified atom stereocenters. The summed E-state index contributed by atoms with van der Waals surface area (Å²) in [4.78, 5) is 0. The van der Waals surface area contributed by atoms with Gasteiger partial charge in [0.2, 0.25) is 0 Å². The summed E-state index contributed by atoms with van der Waals surface area (Å²) in [6, 6.07) is 0. The molecule has 2 atom stereocenters. The van der Waals surface area contributed by atoms with Gasteiger partial charge in [-0.25, -0.2) is 0 Å². The van der Waals surface area contributed by atoms with Crippen LogP contribution in [0.4, 0.5) is 0 Å². The first-order valence-electron chi connectivity index (χ1n) is 5.70. The monoisotopic (exact) mass is 252 g/mol. The van der Waals surface area contributed by atoms with Crippen molar-refractivity contribution in [3.8, 4) is 0 Å². The zero-order valence-corrected chi connectivity index (χ0v) is 10.6. The van der Waals surface area contributed by atoms with Crippen molar-refractivity contribution >= 4 is 0 Å². The summed E-state index contributed by atoms with van der Waals surface area (Å²) in [7, 11) is 3.06. The lowest BCUT2D eigenvalue weighted by molar-refractivity contribution is -0.0242. The topological polar surface area (TPSA) is 77.4 Å². The minimum absolute atomic E-state index is 0.264. The molecule has 17 heavy (non-hydrogen) atoms. The third-order valence-corrected chi connectivity index (χ3v) is 1.92. The average Bonchev–Trinajstić information content (AvgIpc) is 2.28. The first-order chi connectivity index (χ1) is 8.20. The van der Waals surface area contributed by atoms with E-state index in [4.69, 9.17) is 18.9 Å². The Bertz CT molecular complexity index is 139. The molecule has 0 aliphatic rings. The van der Waals surface area contributed by atoms with Crippen LogP contribution in [0.5, 0.6) is 0 Å². The Morgan fingerprint density at radius 1 is 0.765 bits per heavy atom. The van der Waals surface area contributed by atoms with Gasteiger partial charge in [-0.1, -0.05) is 0 Å². The van der Waals surface area contributed by atoms with E-state index in [1.54, 1.807) is 0 Å². The van der Waals surface area contributed by atoms with Gasteiger partial charge >= 0.3 is 0 Å². The fraction of sp³-hybridized carbons (Fsp3) is 1.00. The summed E-state index contributed by atoms with van der Waals surface area (Å²) in [5.41, 5.74) is 0. The third-order valence-electron chi connectivity index (χ3n) is 1.92. The predicted molar refractivity (Wildman–Crippen MR) is 62.0 cm³/mol. The van der Waals surface area contributed by atoms with Gasteiger partial charge in [0, 0.05) is 27.4 Å². The van der Waals surface area contributed by atoms with E-state index in [0.29, 0.717) is 13.2 Å². The van der Waals surface area contributed by atoms with Crippen LogP contribution in [0.15, 0.2) is 0 Å². The molecule has 0 aromatic rings. The SMILES string of the molecule is COCC(O)COCCCOCC(O)COC. The zero-order chi connectivity index (χ0) is 12.9. The highest BCUT2D eigenvalue weighted by Crippen LogP contribution is 1.92. The van der Waals surface area contributed by atoms with E-state index in [2.05, 4.69) is 0 Å². The Hall–Kier alpha value is -0.240. The van der Waals surface area contributed by atoms with Crippen molar-refractivity contribution in [2.24, 2.45) is 0 Å². The number of hydrogen-bond donors (Lipinski definition) is 2. The van der Waals surface area contributed by atoms with Gasteiger partial charge in [-0.15, -0.1) is 0 Å². The van der Waals surface area contributed by atoms with Gasteiger partial charge < -0.3 is 29.2 Å². The second-order valence-electron chi connectivity index (χ2n) is 3.72. The minimum Gasteiger partial charge on any atom is -0.388 e. The minimum atomic E-state index is -0.579. The van der Waals surface area contributed by atoms with E-state index in [1.165, 1.54) is 14.2 Å². The van der Waals surface area contributed by atoms with Crippen molar-refractivity contribution in [3.05, 3.63) is 0 Å². The molecule has 6 heteroatoms. The van der Waals surface area contributed by atoms with Crippen molar-refractivity contribution in [1.82, 2.24) is 0 Å². The highest BCUT2D eigenvalue weighted by atomic mass is 16.5. The zero-order valence-electron chi connectivity index (χ0n) is 10.6. The summed E-state index contributed by atoms with van der Waals surface area (Å²) < 4.78 is 19.9. The first-order valence-corrected chi connectivity index (χ1v) is 5.70. The van der Waals surface area contributed by atoms with E-state index >= 15 is 0 Å². The normalized spacial score (nSPS) is 14.8. The Kier molecular flexibility index (Phi) is 12.1. The highest BCUT2D eigenvalue weighted by molar-refractivity contribution is 4.51. The lowest BCUT2D eigenvalue weighted by Gasteiger charge is -2.11. The molecule has 0 aliphatic carbocycles. The van der Waals surface area contributed by atoms with E-state index in [0.717, 1.165) is 6.42 Å². The summed E-state index contributed by atoms with van der Waals surface area (Å²) in [6.45, 7) is 2.11. The Morgan fingerprint density at radius 3 is 1.53 bits per heavy atom. The van der Waals surface area contributed by atoms with Gasteiger partial charge in [0.15, 0.2) is 0 Å². The van der Waals surface area contributed by atoms with E-state index in [1.807, 2.05) is 0 Å². The van der Waals surface area contributed by atoms with Crippen molar-refractivity contribution in [1.29, 1.82) is 0 Å². The molecule has 104 valence electrons. The van der Waals surface area contributed by atoms with Gasteiger partial charge in [0.05, 0.1) is 26.4 Å². The van der Waals surface area contributed by atoms with Crippen LogP contribution >= 0.6 is 0 Å². The summed E-state index contributed by atoms with van der Waals surface area (Å²) in [6.07, 6.45) is -0.437. The molecule has 0 aromatic carbocycles. The highest BCUT2D eigenvalue weighted by Gasteiger charge is 2.04. The standard InChI is InChI=1S/C11H24O6/c1-14-6-10(12)8-16-4-3-5-17-9-11(13)7-15-2/h10-13H,3-9H2,1-2H3. The smallest absolute Gasteiger partial charge is 0.101 e. The number of methoxy groups -OCH3 is 2. The van der Waals surface area contributed by atoms with Crippen LogP contribution in [-0.2, 0) is 18.9 Å². The molecule has 0 spiro atoms. The van der Waals surface area contributed by atoms with Gasteiger partial charge in [0.1, 0.15) is 12.2 Å². The van der Waals surface area contributed by atoms with Crippen LogP contribution < -0.4 is 0 Å². The summed E-state index contributed by atoms with van der Waals surface area (Å²) in [5.74, 6) is 0. The molecule has 0 fully saturated rings. The first kappa shape index (κ1) is 16.8. The quantitative estimate of drug-likeness (QED) is 0.453. The van der Waals surface area contributed by atoms with E-state index < -0.39 is 12.2 Å². The van der Waals surface area contributed by atoms with Gasteiger partial charge in [0.25, 0.3) is 0 Å². The van der Waals surface area contributed by atoms with Gasteiger partial charge in [-0.2, -0.15) is 0 Å². The number of aliphatic hydroxyl groups is 2. The maximum atomic E-state index is 9.26. The average molecular weight is 252 g/mol. The molecule has 0 aliphatic heterocycles.